The summed E-state index contributed by atoms with van der Waals surface area (Å²) < 4.78 is 12.3. The minimum absolute atomic E-state index is 0.0523. The van der Waals surface area contributed by atoms with Gasteiger partial charge in [0.15, 0.2) is 11.7 Å². The van der Waals surface area contributed by atoms with Gasteiger partial charge in [0.05, 0.1) is 16.8 Å². The number of nitrogens with one attached hydrogen (secondary N) is 1. The maximum absolute atomic E-state index is 12.3. The fourth-order valence-electron chi connectivity index (χ4n) is 2.76. The summed E-state index contributed by atoms with van der Waals surface area (Å²) in [6, 6.07) is 11.8. The minimum Gasteiger partial charge on any atom is -0.494 e. The van der Waals surface area contributed by atoms with Gasteiger partial charge in [-0.05, 0) is 55.2 Å². The average molecular weight is 385 g/mol. The van der Waals surface area contributed by atoms with Crippen LogP contribution >= 0.6 is 11.3 Å². The van der Waals surface area contributed by atoms with Gasteiger partial charge in [-0.3, -0.25) is 10.1 Å². The summed E-state index contributed by atoms with van der Waals surface area (Å²) in [5.74, 6) is 1.66. The van der Waals surface area contributed by atoms with Gasteiger partial charge in [-0.2, -0.15) is 0 Å². The number of rotatable bonds is 7. The van der Waals surface area contributed by atoms with Crippen LogP contribution in [-0.4, -0.2) is 24.1 Å². The molecule has 142 valence electrons. The second kappa shape index (κ2) is 8.39. The lowest BCUT2D eigenvalue weighted by Crippen LogP contribution is -2.20. The van der Waals surface area contributed by atoms with Gasteiger partial charge >= 0.3 is 0 Å². The smallest absolute Gasteiger partial charge is 0.264 e. The maximum atomic E-state index is 12.3. The third-order valence-electron chi connectivity index (χ3n) is 4.07. The molecule has 0 radical (unpaired) electrons. The van der Waals surface area contributed by atoms with E-state index in [2.05, 4.69) is 36.3 Å². The number of thiazole rings is 1. The molecule has 0 aliphatic rings. The van der Waals surface area contributed by atoms with Gasteiger partial charge in [-0.15, -0.1) is 0 Å². The number of amides is 1. The van der Waals surface area contributed by atoms with Crippen LogP contribution in [0.25, 0.3) is 10.2 Å². The highest BCUT2D eigenvalue weighted by Gasteiger charge is 2.12. The molecule has 0 aliphatic heterocycles. The van der Waals surface area contributed by atoms with Crippen molar-refractivity contribution >= 4 is 32.6 Å². The van der Waals surface area contributed by atoms with Crippen LogP contribution in [0.5, 0.6) is 11.5 Å². The van der Waals surface area contributed by atoms with Crippen molar-refractivity contribution in [3.05, 3.63) is 47.5 Å². The van der Waals surface area contributed by atoms with Gasteiger partial charge in [0, 0.05) is 0 Å². The van der Waals surface area contributed by atoms with Gasteiger partial charge in [-0.25, -0.2) is 4.98 Å². The van der Waals surface area contributed by atoms with E-state index in [-0.39, 0.29) is 12.5 Å². The van der Waals surface area contributed by atoms with Gasteiger partial charge < -0.3 is 9.47 Å². The number of aromatic nitrogens is 1. The van der Waals surface area contributed by atoms with Crippen LogP contribution in [0, 0.1) is 6.92 Å². The van der Waals surface area contributed by atoms with Crippen LogP contribution in [0.4, 0.5) is 5.13 Å². The second-order valence-corrected chi connectivity index (χ2v) is 7.65. The largest absolute Gasteiger partial charge is 0.494 e. The molecule has 27 heavy (non-hydrogen) atoms. The topological polar surface area (TPSA) is 60.5 Å². The Morgan fingerprint density at radius 2 is 2.00 bits per heavy atom. The normalized spacial score (nSPS) is 11.0. The Labute approximate surface area is 163 Å². The fourth-order valence-corrected chi connectivity index (χ4v) is 3.67. The number of aryl methyl sites for hydroxylation is 1. The summed E-state index contributed by atoms with van der Waals surface area (Å²) >= 11 is 1.42. The molecular weight excluding hydrogens is 360 g/mol. The maximum Gasteiger partial charge on any atom is 0.264 e. The zero-order valence-electron chi connectivity index (χ0n) is 16.0. The third kappa shape index (κ3) is 4.77. The van der Waals surface area contributed by atoms with Crippen molar-refractivity contribution in [2.45, 2.75) is 33.6 Å². The van der Waals surface area contributed by atoms with E-state index < -0.39 is 0 Å². The number of fused-ring (bicyclic) bond motifs is 1. The lowest BCUT2D eigenvalue weighted by atomic mass is 10.0. The van der Waals surface area contributed by atoms with Crippen molar-refractivity contribution in [1.29, 1.82) is 0 Å². The lowest BCUT2D eigenvalue weighted by Gasteiger charge is -2.14. The van der Waals surface area contributed by atoms with E-state index in [1.807, 2.05) is 38.1 Å². The van der Waals surface area contributed by atoms with Crippen molar-refractivity contribution < 1.29 is 14.3 Å². The molecule has 0 saturated heterocycles. The monoisotopic (exact) mass is 384 g/mol. The van der Waals surface area contributed by atoms with Crippen LogP contribution in [0.2, 0.25) is 0 Å². The molecule has 0 aliphatic carbocycles. The summed E-state index contributed by atoms with van der Waals surface area (Å²) in [6.07, 6.45) is 0. The van der Waals surface area contributed by atoms with E-state index in [0.717, 1.165) is 32.8 Å². The number of carbonyl (C=O) groups is 1. The lowest BCUT2D eigenvalue weighted by molar-refractivity contribution is -0.118. The summed E-state index contributed by atoms with van der Waals surface area (Å²) in [4.78, 5) is 16.7. The first-order valence-electron chi connectivity index (χ1n) is 9.03. The molecule has 1 N–H and O–H groups in total. The van der Waals surface area contributed by atoms with Crippen molar-refractivity contribution in [3.8, 4) is 11.5 Å². The van der Waals surface area contributed by atoms with E-state index in [4.69, 9.17) is 9.47 Å². The molecule has 6 heteroatoms. The first-order chi connectivity index (χ1) is 13.0. The molecule has 1 amide bonds. The van der Waals surface area contributed by atoms with Crippen LogP contribution in [0.3, 0.4) is 0 Å². The van der Waals surface area contributed by atoms with E-state index in [9.17, 15) is 4.79 Å². The van der Waals surface area contributed by atoms with Crippen LogP contribution in [-0.2, 0) is 4.79 Å². The van der Waals surface area contributed by atoms with E-state index in [1.54, 1.807) is 0 Å². The Balaban J connectivity index is 1.66. The van der Waals surface area contributed by atoms with Gasteiger partial charge in [0.25, 0.3) is 5.91 Å². The number of ether oxygens (including phenoxy) is 2. The number of anilines is 1. The predicted molar refractivity (Wildman–Crippen MR) is 110 cm³/mol. The molecule has 0 saturated carbocycles. The molecule has 3 rings (SSSR count). The Hall–Kier alpha value is -2.60. The van der Waals surface area contributed by atoms with E-state index in [1.165, 1.54) is 11.3 Å². The second-order valence-electron chi connectivity index (χ2n) is 6.61. The zero-order valence-corrected chi connectivity index (χ0v) is 16.9. The molecule has 1 aromatic heterocycles. The molecule has 0 spiro atoms. The number of hydrogen-bond donors (Lipinski definition) is 1. The van der Waals surface area contributed by atoms with Gasteiger partial charge in [-0.1, -0.05) is 37.3 Å². The van der Waals surface area contributed by atoms with E-state index in [0.29, 0.717) is 17.7 Å². The summed E-state index contributed by atoms with van der Waals surface area (Å²) in [5, 5.41) is 3.38. The Kier molecular flexibility index (Phi) is 5.96. The molecule has 0 fully saturated rings. The predicted octanol–water partition coefficient (Wildman–Crippen LogP) is 5.14. The first kappa shape index (κ1) is 19.2. The first-order valence-corrected chi connectivity index (χ1v) is 9.84. The SMILES string of the molecule is CCOc1ccc2nc(NC(=O)COc3cc(C)ccc3C(C)C)sc2c1. The summed E-state index contributed by atoms with van der Waals surface area (Å²) in [5.41, 5.74) is 3.03. The number of benzene rings is 2. The number of carbonyl (C=O) groups excluding carboxylic acids is 1. The molecule has 0 bridgehead atoms. The highest BCUT2D eigenvalue weighted by molar-refractivity contribution is 7.22. The average Bonchev–Trinajstić information content (AvgIpc) is 3.01. The number of nitrogens with zero attached hydrogens (tertiary/aromatic N) is 1. The highest BCUT2D eigenvalue weighted by atomic mass is 32.1. The molecule has 0 atom stereocenters. The summed E-state index contributed by atoms with van der Waals surface area (Å²) in [7, 11) is 0. The van der Waals surface area contributed by atoms with Crippen LogP contribution in [0.15, 0.2) is 36.4 Å². The van der Waals surface area contributed by atoms with Crippen molar-refractivity contribution in [3.63, 3.8) is 0 Å². The molecule has 2 aromatic carbocycles. The van der Waals surface area contributed by atoms with Crippen LogP contribution < -0.4 is 14.8 Å². The Bertz CT molecular complexity index is 950. The molecule has 5 nitrogen and oxygen atoms in total. The van der Waals surface area contributed by atoms with Crippen molar-refractivity contribution in [2.75, 3.05) is 18.5 Å². The Morgan fingerprint density at radius 3 is 2.74 bits per heavy atom. The molecule has 3 aromatic rings. The molecule has 0 unspecified atom stereocenters. The van der Waals surface area contributed by atoms with Crippen molar-refractivity contribution in [1.82, 2.24) is 4.98 Å². The summed E-state index contributed by atoms with van der Waals surface area (Å²) in [6.45, 7) is 8.73. The zero-order chi connectivity index (χ0) is 19.4. The highest BCUT2D eigenvalue weighted by Crippen LogP contribution is 2.30. The van der Waals surface area contributed by atoms with Gasteiger partial charge in [0.1, 0.15) is 11.5 Å². The fraction of sp³-hybridized carbons (Fsp3) is 0.333. The number of hydrogen-bond acceptors (Lipinski definition) is 5. The standard InChI is InChI=1S/C21H24N2O3S/c1-5-25-15-7-9-17-19(11-15)27-21(22-17)23-20(24)12-26-18-10-14(4)6-8-16(18)13(2)3/h6-11,13H,5,12H2,1-4H3,(H,22,23,24). The van der Waals surface area contributed by atoms with E-state index >= 15 is 0 Å². The minimum atomic E-state index is -0.227. The molecular formula is C21H24N2O3S. The quantitative estimate of drug-likeness (QED) is 0.612. The Morgan fingerprint density at radius 1 is 1.19 bits per heavy atom. The van der Waals surface area contributed by atoms with Crippen LogP contribution in [0.1, 0.15) is 37.8 Å². The van der Waals surface area contributed by atoms with Gasteiger partial charge in [0.2, 0.25) is 0 Å². The van der Waals surface area contributed by atoms with Crippen molar-refractivity contribution in [2.24, 2.45) is 0 Å². The third-order valence-corrected chi connectivity index (χ3v) is 5.00. The molecule has 1 heterocycles.